The van der Waals surface area contributed by atoms with Crippen molar-refractivity contribution in [1.82, 2.24) is 29.7 Å². The molecule has 0 bridgehead atoms. The van der Waals surface area contributed by atoms with Crippen molar-refractivity contribution in [3.05, 3.63) is 77.1 Å². The summed E-state index contributed by atoms with van der Waals surface area (Å²) in [4.78, 5) is 26.4. The molecular weight excluding hydrogens is 540 g/mol. The van der Waals surface area contributed by atoms with Crippen molar-refractivity contribution in [2.45, 2.75) is 39.4 Å². The fourth-order valence-corrected chi connectivity index (χ4v) is 5.77. The predicted octanol–water partition coefficient (Wildman–Crippen LogP) is 4.41. The Kier molecular flexibility index (Phi) is 7.89. The summed E-state index contributed by atoms with van der Waals surface area (Å²) < 4.78 is 37.3. The average molecular weight is 576 g/mol. The highest BCUT2D eigenvalue weighted by Gasteiger charge is 2.26. The number of fused-ring (bicyclic) bond motifs is 1. The number of ether oxygens (including phenoxy) is 1. The van der Waals surface area contributed by atoms with Gasteiger partial charge in [0.1, 0.15) is 17.3 Å². The summed E-state index contributed by atoms with van der Waals surface area (Å²) in [5.74, 6) is -0.909. The van der Waals surface area contributed by atoms with Gasteiger partial charge in [-0.25, -0.2) is 13.8 Å². The summed E-state index contributed by atoms with van der Waals surface area (Å²) in [7, 11) is 0. The monoisotopic (exact) mass is 575 g/mol. The van der Waals surface area contributed by atoms with Crippen LogP contribution in [0.3, 0.4) is 0 Å². The molecule has 1 amide bonds. The van der Waals surface area contributed by atoms with Crippen LogP contribution in [-0.2, 0) is 11.3 Å². The van der Waals surface area contributed by atoms with E-state index in [4.69, 9.17) is 4.74 Å². The SMILES string of the molecule is Cc1ccc(Nc2ncc3ccn(-c4cc(F)c(CN5CCOCC5)c(F)c4)c3n2)cc1C(=O)N1C[C@@H](C)N[C@@H](C)C1. The zero-order valence-electron chi connectivity index (χ0n) is 24.0. The number of anilines is 2. The van der Waals surface area contributed by atoms with Gasteiger partial charge in [0, 0.05) is 79.4 Å². The van der Waals surface area contributed by atoms with Gasteiger partial charge in [-0.15, -0.1) is 0 Å². The van der Waals surface area contributed by atoms with Crippen LogP contribution in [0.15, 0.2) is 48.8 Å². The number of carbonyl (C=O) groups excluding carboxylic acids is 1. The van der Waals surface area contributed by atoms with E-state index in [1.807, 2.05) is 34.9 Å². The third-order valence-electron chi connectivity index (χ3n) is 7.89. The number of morpholine rings is 1. The van der Waals surface area contributed by atoms with Gasteiger partial charge in [-0.05, 0) is 56.7 Å². The average Bonchev–Trinajstić information content (AvgIpc) is 3.39. The van der Waals surface area contributed by atoms with Crippen LogP contribution in [0.25, 0.3) is 16.7 Å². The number of nitrogens with one attached hydrogen (secondary N) is 2. The van der Waals surface area contributed by atoms with E-state index in [0.717, 1.165) is 10.9 Å². The number of piperazine rings is 1. The summed E-state index contributed by atoms with van der Waals surface area (Å²) in [6.07, 6.45) is 3.38. The van der Waals surface area contributed by atoms with E-state index >= 15 is 8.78 Å². The lowest BCUT2D eigenvalue weighted by atomic mass is 10.0. The fraction of sp³-hybridized carbons (Fsp3) is 0.387. The third-order valence-corrected chi connectivity index (χ3v) is 7.89. The molecular formula is C31H35F2N7O2. The first-order chi connectivity index (χ1) is 20.2. The second-order valence-electron chi connectivity index (χ2n) is 11.3. The first-order valence-corrected chi connectivity index (χ1v) is 14.3. The minimum Gasteiger partial charge on any atom is -0.379 e. The Morgan fingerprint density at radius 1 is 1.07 bits per heavy atom. The Morgan fingerprint density at radius 2 is 1.79 bits per heavy atom. The first kappa shape index (κ1) is 28.2. The Hall–Kier alpha value is -3.93. The van der Waals surface area contributed by atoms with Crippen molar-refractivity contribution in [2.75, 3.05) is 44.7 Å². The van der Waals surface area contributed by atoms with Crippen LogP contribution in [0, 0.1) is 18.6 Å². The van der Waals surface area contributed by atoms with Crippen LogP contribution in [-0.4, -0.2) is 81.7 Å². The van der Waals surface area contributed by atoms with Crippen molar-refractivity contribution in [2.24, 2.45) is 0 Å². The van der Waals surface area contributed by atoms with Crippen molar-refractivity contribution < 1.29 is 18.3 Å². The Morgan fingerprint density at radius 3 is 2.50 bits per heavy atom. The quantitative estimate of drug-likeness (QED) is 0.352. The molecule has 2 aliphatic heterocycles. The van der Waals surface area contributed by atoms with Gasteiger partial charge in [0.2, 0.25) is 5.95 Å². The van der Waals surface area contributed by atoms with E-state index in [1.54, 1.807) is 23.0 Å². The molecule has 2 aliphatic rings. The normalized spacial score (nSPS) is 19.8. The lowest BCUT2D eigenvalue weighted by Gasteiger charge is -2.36. The number of aryl methyl sites for hydroxylation is 1. The number of rotatable bonds is 6. The van der Waals surface area contributed by atoms with Gasteiger partial charge in [0.25, 0.3) is 5.91 Å². The van der Waals surface area contributed by atoms with Crippen molar-refractivity contribution in [1.29, 1.82) is 0 Å². The molecule has 2 saturated heterocycles. The van der Waals surface area contributed by atoms with Crippen LogP contribution < -0.4 is 10.6 Å². The van der Waals surface area contributed by atoms with Crippen LogP contribution >= 0.6 is 0 Å². The molecule has 9 nitrogen and oxygen atoms in total. The van der Waals surface area contributed by atoms with Gasteiger partial charge in [-0.3, -0.25) is 9.69 Å². The summed E-state index contributed by atoms with van der Waals surface area (Å²) in [5, 5.41) is 7.38. The molecule has 11 heteroatoms. The van der Waals surface area contributed by atoms with E-state index in [0.29, 0.717) is 67.9 Å². The molecule has 4 aromatic rings. The van der Waals surface area contributed by atoms with Crippen molar-refractivity contribution in [3.8, 4) is 5.69 Å². The van der Waals surface area contributed by atoms with Crippen LogP contribution in [0.4, 0.5) is 20.4 Å². The zero-order chi connectivity index (χ0) is 29.4. The molecule has 0 saturated carbocycles. The zero-order valence-corrected chi connectivity index (χ0v) is 24.0. The van der Waals surface area contributed by atoms with E-state index in [-0.39, 0.29) is 30.1 Å². The molecule has 0 spiro atoms. The number of nitrogens with zero attached hydrogens (tertiary/aromatic N) is 5. The Balaban J connectivity index is 1.25. The number of amides is 1. The molecule has 2 aromatic carbocycles. The van der Waals surface area contributed by atoms with Gasteiger partial charge in [-0.1, -0.05) is 6.07 Å². The van der Waals surface area contributed by atoms with Crippen LogP contribution in [0.5, 0.6) is 0 Å². The number of hydrogen-bond donors (Lipinski definition) is 2. The summed E-state index contributed by atoms with van der Waals surface area (Å²) in [6, 6.07) is 10.5. The largest absolute Gasteiger partial charge is 0.379 e. The molecule has 220 valence electrons. The molecule has 0 radical (unpaired) electrons. The molecule has 2 aromatic heterocycles. The smallest absolute Gasteiger partial charge is 0.254 e. The van der Waals surface area contributed by atoms with Crippen LogP contribution in [0.1, 0.15) is 35.3 Å². The highest BCUT2D eigenvalue weighted by atomic mass is 19.1. The molecule has 2 fully saturated rings. The highest BCUT2D eigenvalue weighted by Crippen LogP contribution is 2.26. The predicted molar refractivity (Wildman–Crippen MR) is 157 cm³/mol. The summed E-state index contributed by atoms with van der Waals surface area (Å²) >= 11 is 0. The van der Waals surface area contributed by atoms with Gasteiger partial charge < -0.3 is 24.8 Å². The molecule has 0 aliphatic carbocycles. The van der Waals surface area contributed by atoms with E-state index < -0.39 is 11.6 Å². The molecule has 6 rings (SSSR count). The second kappa shape index (κ2) is 11.7. The fourth-order valence-electron chi connectivity index (χ4n) is 5.77. The molecule has 2 N–H and O–H groups in total. The lowest BCUT2D eigenvalue weighted by molar-refractivity contribution is 0.0332. The summed E-state index contributed by atoms with van der Waals surface area (Å²) in [5.41, 5.74) is 3.05. The van der Waals surface area contributed by atoms with Crippen molar-refractivity contribution >= 4 is 28.6 Å². The highest BCUT2D eigenvalue weighted by molar-refractivity contribution is 5.97. The standard InChI is InChI=1S/C31H35F2N7O2/c1-19-4-5-23(12-25(19)30(41)39-16-20(2)35-21(3)17-39)36-31-34-15-22-6-7-40(29(22)37-31)24-13-27(32)26(28(33)14-24)18-38-8-10-42-11-9-38/h4-7,12-15,20-21,35H,8-11,16-18H2,1-3H3,(H,34,36,37)/t20-,21+. The maximum Gasteiger partial charge on any atom is 0.254 e. The van der Waals surface area contributed by atoms with Gasteiger partial charge in [0.15, 0.2) is 0 Å². The minimum atomic E-state index is -0.601. The van der Waals surface area contributed by atoms with E-state index in [1.165, 1.54) is 12.1 Å². The van der Waals surface area contributed by atoms with E-state index in [9.17, 15) is 4.79 Å². The Labute approximate surface area is 243 Å². The lowest BCUT2D eigenvalue weighted by Crippen LogP contribution is -2.55. The number of benzene rings is 2. The van der Waals surface area contributed by atoms with Crippen LogP contribution in [0.2, 0.25) is 0 Å². The molecule has 0 unspecified atom stereocenters. The Bertz CT molecular complexity index is 1590. The maximum atomic E-state index is 15.1. The first-order valence-electron chi connectivity index (χ1n) is 14.3. The van der Waals surface area contributed by atoms with Crippen molar-refractivity contribution in [3.63, 3.8) is 0 Å². The number of hydrogen-bond acceptors (Lipinski definition) is 7. The number of carbonyl (C=O) groups is 1. The molecule has 4 heterocycles. The summed E-state index contributed by atoms with van der Waals surface area (Å²) in [6.45, 7) is 9.95. The minimum absolute atomic E-state index is 0.0114. The van der Waals surface area contributed by atoms with Gasteiger partial charge >= 0.3 is 0 Å². The van der Waals surface area contributed by atoms with Gasteiger partial charge in [0.05, 0.1) is 18.9 Å². The number of aromatic nitrogens is 3. The topological polar surface area (TPSA) is 87.5 Å². The molecule has 2 atom stereocenters. The molecule has 42 heavy (non-hydrogen) atoms. The number of halogens is 2. The second-order valence-corrected chi connectivity index (χ2v) is 11.3. The third kappa shape index (κ3) is 5.85. The van der Waals surface area contributed by atoms with Gasteiger partial charge in [-0.2, -0.15) is 4.98 Å². The van der Waals surface area contributed by atoms with E-state index in [2.05, 4.69) is 34.4 Å². The maximum absolute atomic E-state index is 15.1.